The Morgan fingerprint density at radius 3 is 2.56 bits per heavy atom. The highest BCUT2D eigenvalue weighted by Gasteiger charge is 2.33. The van der Waals surface area contributed by atoms with Gasteiger partial charge in [-0.2, -0.15) is 15.0 Å². The van der Waals surface area contributed by atoms with Crippen LogP contribution >= 0.6 is 11.6 Å². The molecule has 1 saturated heterocycles. The maximum absolute atomic E-state index is 5.90. The lowest BCUT2D eigenvalue weighted by Crippen LogP contribution is -2.27. The van der Waals surface area contributed by atoms with E-state index in [1.165, 1.54) is 6.42 Å². The van der Waals surface area contributed by atoms with Crippen molar-refractivity contribution in [1.29, 1.82) is 0 Å². The molecule has 1 N–H and O–H groups in total. The van der Waals surface area contributed by atoms with Gasteiger partial charge in [0, 0.05) is 20.1 Å². The van der Waals surface area contributed by atoms with Crippen molar-refractivity contribution >= 4 is 23.5 Å². The van der Waals surface area contributed by atoms with Crippen LogP contribution in [0, 0.1) is 11.3 Å². The Labute approximate surface area is 113 Å². The molecule has 1 aliphatic rings. The molecule has 0 saturated carbocycles. The Bertz CT molecular complexity index is 429. The van der Waals surface area contributed by atoms with Crippen LogP contribution in [0.25, 0.3) is 0 Å². The number of rotatable bonds is 2. The molecule has 0 radical (unpaired) electrons. The highest BCUT2D eigenvalue weighted by atomic mass is 35.5. The van der Waals surface area contributed by atoms with Gasteiger partial charge in [0.15, 0.2) is 0 Å². The number of nitrogens with one attached hydrogen (secondary N) is 1. The van der Waals surface area contributed by atoms with E-state index in [0.29, 0.717) is 23.2 Å². The lowest BCUT2D eigenvalue weighted by molar-refractivity contribution is 0.263. The molecule has 0 aromatic carbocycles. The van der Waals surface area contributed by atoms with Crippen molar-refractivity contribution in [2.24, 2.45) is 11.3 Å². The topological polar surface area (TPSA) is 53.9 Å². The van der Waals surface area contributed by atoms with Crippen molar-refractivity contribution in [2.75, 3.05) is 30.4 Å². The minimum Gasteiger partial charge on any atom is -0.357 e. The lowest BCUT2D eigenvalue weighted by Gasteiger charge is -2.26. The van der Waals surface area contributed by atoms with Crippen molar-refractivity contribution in [1.82, 2.24) is 15.0 Å². The van der Waals surface area contributed by atoms with Crippen molar-refractivity contribution in [3.8, 4) is 0 Å². The number of aromatic nitrogens is 3. The third kappa shape index (κ3) is 2.83. The molecule has 5 nitrogen and oxygen atoms in total. The summed E-state index contributed by atoms with van der Waals surface area (Å²) in [6, 6.07) is 0. The molecule has 0 spiro atoms. The SMILES string of the molecule is CNc1nc(Cl)nc(N2CCC(C(C)(C)C)C2)n1. The molecular formula is C12H20ClN5. The molecule has 0 aliphatic carbocycles. The van der Waals surface area contributed by atoms with Crippen LogP contribution < -0.4 is 10.2 Å². The first-order valence-corrected chi connectivity index (χ1v) is 6.62. The van der Waals surface area contributed by atoms with E-state index in [1.54, 1.807) is 7.05 Å². The van der Waals surface area contributed by atoms with Gasteiger partial charge >= 0.3 is 0 Å². The normalized spacial score (nSPS) is 20.3. The van der Waals surface area contributed by atoms with E-state index in [-0.39, 0.29) is 5.28 Å². The van der Waals surface area contributed by atoms with Gasteiger partial charge in [0.2, 0.25) is 17.2 Å². The van der Waals surface area contributed by atoms with E-state index < -0.39 is 0 Å². The standard InChI is InChI=1S/C12H20ClN5/c1-12(2,3)8-5-6-18(7-8)11-16-9(13)15-10(14-4)17-11/h8H,5-7H2,1-4H3,(H,14,15,16,17). The highest BCUT2D eigenvalue weighted by molar-refractivity contribution is 6.28. The smallest absolute Gasteiger partial charge is 0.231 e. The van der Waals surface area contributed by atoms with E-state index in [9.17, 15) is 0 Å². The van der Waals surface area contributed by atoms with Crippen LogP contribution in [0.4, 0.5) is 11.9 Å². The Hall–Kier alpha value is -1.10. The third-order valence-corrected chi connectivity index (χ3v) is 3.68. The van der Waals surface area contributed by atoms with Crippen LogP contribution in [0.15, 0.2) is 0 Å². The summed E-state index contributed by atoms with van der Waals surface area (Å²) in [6.07, 6.45) is 1.17. The first-order chi connectivity index (χ1) is 8.40. The summed E-state index contributed by atoms with van der Waals surface area (Å²) in [4.78, 5) is 14.7. The van der Waals surface area contributed by atoms with Crippen LogP contribution in [0.2, 0.25) is 5.28 Å². The molecule has 1 aromatic rings. The van der Waals surface area contributed by atoms with Crippen molar-refractivity contribution in [2.45, 2.75) is 27.2 Å². The van der Waals surface area contributed by atoms with Crippen molar-refractivity contribution in [3.63, 3.8) is 0 Å². The Morgan fingerprint density at radius 1 is 1.28 bits per heavy atom. The molecule has 100 valence electrons. The van der Waals surface area contributed by atoms with E-state index in [2.05, 4.69) is 45.9 Å². The maximum atomic E-state index is 5.90. The van der Waals surface area contributed by atoms with E-state index in [4.69, 9.17) is 11.6 Å². The van der Waals surface area contributed by atoms with Gasteiger partial charge in [-0.25, -0.2) is 0 Å². The van der Waals surface area contributed by atoms with Gasteiger partial charge < -0.3 is 10.2 Å². The minimum atomic E-state index is 0.239. The molecule has 1 aromatic heterocycles. The van der Waals surface area contributed by atoms with E-state index in [0.717, 1.165) is 13.1 Å². The highest BCUT2D eigenvalue weighted by Crippen LogP contribution is 2.34. The molecule has 1 atom stereocenters. The molecule has 0 amide bonds. The fourth-order valence-electron chi connectivity index (χ4n) is 2.24. The molecule has 18 heavy (non-hydrogen) atoms. The van der Waals surface area contributed by atoms with Crippen molar-refractivity contribution in [3.05, 3.63) is 5.28 Å². The number of hydrogen-bond acceptors (Lipinski definition) is 5. The molecule has 1 fully saturated rings. The zero-order valence-electron chi connectivity index (χ0n) is 11.4. The van der Waals surface area contributed by atoms with Gasteiger partial charge in [0.25, 0.3) is 0 Å². The van der Waals surface area contributed by atoms with E-state index in [1.807, 2.05) is 0 Å². The van der Waals surface area contributed by atoms with Gasteiger partial charge in [-0.3, -0.25) is 0 Å². The largest absolute Gasteiger partial charge is 0.357 e. The van der Waals surface area contributed by atoms with Gasteiger partial charge in [-0.05, 0) is 29.4 Å². The zero-order valence-corrected chi connectivity index (χ0v) is 12.1. The number of nitrogens with zero attached hydrogens (tertiary/aromatic N) is 4. The summed E-state index contributed by atoms with van der Waals surface area (Å²) >= 11 is 5.90. The Morgan fingerprint density at radius 2 is 2.00 bits per heavy atom. The summed E-state index contributed by atoms with van der Waals surface area (Å²) in [5, 5.41) is 3.14. The maximum Gasteiger partial charge on any atom is 0.231 e. The second kappa shape index (κ2) is 4.88. The fraction of sp³-hybridized carbons (Fsp3) is 0.750. The summed E-state index contributed by atoms with van der Waals surface area (Å²) in [7, 11) is 1.78. The molecule has 2 rings (SSSR count). The summed E-state index contributed by atoms with van der Waals surface area (Å²) in [5.74, 6) is 1.85. The monoisotopic (exact) mass is 269 g/mol. The van der Waals surface area contributed by atoms with Gasteiger partial charge in [0.05, 0.1) is 0 Å². The van der Waals surface area contributed by atoms with Gasteiger partial charge in [-0.15, -0.1) is 0 Å². The zero-order chi connectivity index (χ0) is 13.3. The average molecular weight is 270 g/mol. The second-order valence-electron chi connectivity index (χ2n) is 5.78. The predicted octanol–water partition coefficient (Wildman–Crippen LogP) is 2.44. The second-order valence-corrected chi connectivity index (χ2v) is 6.11. The molecule has 2 heterocycles. The minimum absolute atomic E-state index is 0.239. The van der Waals surface area contributed by atoms with Crippen LogP contribution in [-0.4, -0.2) is 35.1 Å². The first-order valence-electron chi connectivity index (χ1n) is 6.24. The van der Waals surface area contributed by atoms with Crippen molar-refractivity contribution < 1.29 is 0 Å². The summed E-state index contributed by atoms with van der Waals surface area (Å²) in [5.41, 5.74) is 0.317. The van der Waals surface area contributed by atoms with Gasteiger partial charge in [-0.1, -0.05) is 20.8 Å². The van der Waals surface area contributed by atoms with Crippen LogP contribution in [0.3, 0.4) is 0 Å². The molecule has 6 heteroatoms. The number of halogens is 1. The Balaban J connectivity index is 2.16. The molecule has 1 aliphatic heterocycles. The lowest BCUT2D eigenvalue weighted by atomic mass is 9.80. The fourth-order valence-corrected chi connectivity index (χ4v) is 2.40. The van der Waals surface area contributed by atoms with E-state index >= 15 is 0 Å². The first kappa shape index (κ1) is 13.3. The summed E-state index contributed by atoms with van der Waals surface area (Å²) in [6.45, 7) is 8.79. The average Bonchev–Trinajstić information content (AvgIpc) is 2.77. The Kier molecular flexibility index (Phi) is 3.61. The van der Waals surface area contributed by atoms with Crippen LogP contribution in [0.1, 0.15) is 27.2 Å². The quantitative estimate of drug-likeness (QED) is 0.894. The third-order valence-electron chi connectivity index (χ3n) is 3.52. The molecular weight excluding hydrogens is 250 g/mol. The molecule has 0 bridgehead atoms. The van der Waals surface area contributed by atoms with Crippen LogP contribution in [0.5, 0.6) is 0 Å². The predicted molar refractivity (Wildman–Crippen MR) is 74.2 cm³/mol. The summed E-state index contributed by atoms with van der Waals surface area (Å²) < 4.78 is 0. The molecule has 1 unspecified atom stereocenters. The van der Waals surface area contributed by atoms with Crippen LogP contribution in [-0.2, 0) is 0 Å². The number of hydrogen-bond donors (Lipinski definition) is 1. The number of anilines is 2. The van der Waals surface area contributed by atoms with Gasteiger partial charge in [0.1, 0.15) is 0 Å².